The van der Waals surface area contributed by atoms with Crippen LogP contribution < -0.4 is 16.4 Å². The van der Waals surface area contributed by atoms with Gasteiger partial charge < -0.3 is 16.4 Å². The minimum atomic E-state index is -1.14. The van der Waals surface area contributed by atoms with Crippen molar-refractivity contribution >= 4 is 28.6 Å². The fraction of sp³-hybridized carbons (Fsp3) is 0.0909. The summed E-state index contributed by atoms with van der Waals surface area (Å²) >= 11 is 1.42. The van der Waals surface area contributed by atoms with E-state index in [9.17, 15) is 4.79 Å². The van der Waals surface area contributed by atoms with Gasteiger partial charge in [-0.05, 0) is 12.1 Å². The summed E-state index contributed by atoms with van der Waals surface area (Å²) in [6.45, 7) is 0. The van der Waals surface area contributed by atoms with Crippen LogP contribution in [0.1, 0.15) is 5.69 Å². The lowest BCUT2D eigenvalue weighted by Gasteiger charge is -2.25. The third kappa shape index (κ3) is 1.38. The molecule has 0 saturated carbocycles. The molecule has 0 fully saturated rings. The zero-order chi connectivity index (χ0) is 11.9. The standard InChI is InChI=1S/C11H10N4OS/c12-10(16)11(9-5-17-6-13-9)14-7-3-1-2-4-8(7)15-11/h1-6,14-15H,(H2,12,16). The first-order valence-electron chi connectivity index (χ1n) is 5.06. The predicted octanol–water partition coefficient (Wildman–Crippen LogP) is 1.32. The molecule has 1 aliphatic rings. The van der Waals surface area contributed by atoms with Gasteiger partial charge in [0.2, 0.25) is 5.66 Å². The van der Waals surface area contributed by atoms with Crippen LogP contribution in [-0.2, 0) is 10.5 Å². The number of benzene rings is 1. The number of rotatable bonds is 2. The first-order valence-corrected chi connectivity index (χ1v) is 6.00. The van der Waals surface area contributed by atoms with Gasteiger partial charge >= 0.3 is 0 Å². The third-order valence-corrected chi connectivity index (χ3v) is 3.34. The van der Waals surface area contributed by atoms with Crippen molar-refractivity contribution in [2.24, 2.45) is 5.73 Å². The minimum absolute atomic E-state index is 0.500. The number of fused-ring (bicyclic) bond motifs is 1. The Bertz CT molecular complexity index is 542. The van der Waals surface area contributed by atoms with Crippen LogP contribution in [0.15, 0.2) is 35.2 Å². The summed E-state index contributed by atoms with van der Waals surface area (Å²) in [5.41, 5.74) is 8.32. The topological polar surface area (TPSA) is 80.0 Å². The molecule has 0 spiro atoms. The maximum absolute atomic E-state index is 11.8. The molecule has 1 amide bonds. The quantitative estimate of drug-likeness (QED) is 0.746. The van der Waals surface area contributed by atoms with Crippen LogP contribution in [0.5, 0.6) is 0 Å². The van der Waals surface area contributed by atoms with Crippen LogP contribution in [0.4, 0.5) is 11.4 Å². The third-order valence-electron chi connectivity index (χ3n) is 2.76. The van der Waals surface area contributed by atoms with Crippen molar-refractivity contribution in [3.05, 3.63) is 40.8 Å². The summed E-state index contributed by atoms with van der Waals surface area (Å²) in [7, 11) is 0. The molecule has 1 aromatic heterocycles. The average molecular weight is 246 g/mol. The molecule has 2 aromatic rings. The van der Waals surface area contributed by atoms with E-state index in [2.05, 4.69) is 15.6 Å². The van der Waals surface area contributed by atoms with Crippen molar-refractivity contribution in [3.63, 3.8) is 0 Å². The fourth-order valence-electron chi connectivity index (χ4n) is 1.91. The molecule has 3 rings (SSSR count). The van der Waals surface area contributed by atoms with Crippen molar-refractivity contribution in [1.82, 2.24) is 4.98 Å². The van der Waals surface area contributed by atoms with Gasteiger partial charge in [-0.1, -0.05) is 12.1 Å². The zero-order valence-corrected chi connectivity index (χ0v) is 9.62. The number of nitrogens with one attached hydrogen (secondary N) is 2. The molecular formula is C11H10N4OS. The molecular weight excluding hydrogens is 236 g/mol. The van der Waals surface area contributed by atoms with E-state index in [0.717, 1.165) is 11.4 Å². The number of para-hydroxylation sites is 2. The molecule has 0 radical (unpaired) electrons. The Kier molecular flexibility index (Phi) is 2.05. The second kappa shape index (κ2) is 3.46. The lowest BCUT2D eigenvalue weighted by Crippen LogP contribution is -2.50. The molecule has 2 heterocycles. The summed E-state index contributed by atoms with van der Waals surface area (Å²) in [6, 6.07) is 7.57. The number of carbonyl (C=O) groups is 1. The van der Waals surface area contributed by atoms with E-state index in [1.165, 1.54) is 11.3 Å². The van der Waals surface area contributed by atoms with Crippen LogP contribution >= 0.6 is 11.3 Å². The Morgan fingerprint density at radius 3 is 2.41 bits per heavy atom. The molecule has 86 valence electrons. The fourth-order valence-corrected chi connectivity index (χ4v) is 2.51. The lowest BCUT2D eigenvalue weighted by atomic mass is 10.1. The molecule has 1 aromatic carbocycles. The Balaban J connectivity index is 2.10. The Morgan fingerprint density at radius 2 is 1.94 bits per heavy atom. The number of amides is 1. The molecule has 6 heteroatoms. The molecule has 0 unspecified atom stereocenters. The molecule has 0 aliphatic carbocycles. The monoisotopic (exact) mass is 246 g/mol. The summed E-state index contributed by atoms with van der Waals surface area (Å²) in [6.07, 6.45) is 0. The minimum Gasteiger partial charge on any atom is -0.366 e. The van der Waals surface area contributed by atoms with Crippen molar-refractivity contribution in [2.75, 3.05) is 10.6 Å². The highest BCUT2D eigenvalue weighted by molar-refractivity contribution is 7.07. The van der Waals surface area contributed by atoms with E-state index in [4.69, 9.17) is 5.73 Å². The predicted molar refractivity (Wildman–Crippen MR) is 66.7 cm³/mol. The van der Waals surface area contributed by atoms with Gasteiger partial charge in [0, 0.05) is 5.38 Å². The van der Waals surface area contributed by atoms with E-state index in [-0.39, 0.29) is 0 Å². The molecule has 0 atom stereocenters. The second-order valence-corrected chi connectivity index (χ2v) is 4.50. The number of hydrogen-bond donors (Lipinski definition) is 3. The SMILES string of the molecule is NC(=O)C1(c2cscn2)Nc2ccccc2N1. The number of nitrogens with zero attached hydrogens (tertiary/aromatic N) is 1. The van der Waals surface area contributed by atoms with Crippen LogP contribution in [0.2, 0.25) is 0 Å². The van der Waals surface area contributed by atoms with Gasteiger partial charge in [-0.25, -0.2) is 4.98 Å². The number of hydrogen-bond acceptors (Lipinski definition) is 5. The van der Waals surface area contributed by atoms with E-state index < -0.39 is 11.6 Å². The van der Waals surface area contributed by atoms with Crippen molar-refractivity contribution in [3.8, 4) is 0 Å². The maximum Gasteiger partial charge on any atom is 0.270 e. The van der Waals surface area contributed by atoms with Gasteiger partial charge in [0.1, 0.15) is 5.69 Å². The van der Waals surface area contributed by atoms with Crippen molar-refractivity contribution < 1.29 is 4.79 Å². The van der Waals surface area contributed by atoms with Crippen LogP contribution in [-0.4, -0.2) is 10.9 Å². The number of carbonyl (C=O) groups excluding carboxylic acids is 1. The highest BCUT2D eigenvalue weighted by Gasteiger charge is 2.45. The molecule has 0 saturated heterocycles. The Morgan fingerprint density at radius 1 is 1.29 bits per heavy atom. The summed E-state index contributed by atoms with van der Waals surface area (Å²) in [5.74, 6) is -0.500. The van der Waals surface area contributed by atoms with Gasteiger partial charge in [0.25, 0.3) is 5.91 Å². The van der Waals surface area contributed by atoms with Crippen LogP contribution in [0.3, 0.4) is 0 Å². The number of nitrogens with two attached hydrogens (primary N) is 1. The largest absolute Gasteiger partial charge is 0.366 e. The Hall–Kier alpha value is -2.08. The van der Waals surface area contributed by atoms with E-state index >= 15 is 0 Å². The first-order chi connectivity index (χ1) is 8.22. The first kappa shape index (κ1) is 10.1. The van der Waals surface area contributed by atoms with Gasteiger partial charge in [-0.15, -0.1) is 11.3 Å². The zero-order valence-electron chi connectivity index (χ0n) is 8.81. The summed E-state index contributed by atoms with van der Waals surface area (Å²) in [4.78, 5) is 15.9. The van der Waals surface area contributed by atoms with E-state index in [1.807, 2.05) is 24.3 Å². The van der Waals surface area contributed by atoms with Gasteiger partial charge in [-0.3, -0.25) is 4.79 Å². The summed E-state index contributed by atoms with van der Waals surface area (Å²) < 4.78 is 0. The van der Waals surface area contributed by atoms with Crippen LogP contribution in [0.25, 0.3) is 0 Å². The molecule has 5 nitrogen and oxygen atoms in total. The van der Waals surface area contributed by atoms with Gasteiger partial charge in [0.05, 0.1) is 16.9 Å². The van der Waals surface area contributed by atoms with Crippen molar-refractivity contribution in [1.29, 1.82) is 0 Å². The normalized spacial score (nSPS) is 15.8. The highest BCUT2D eigenvalue weighted by atomic mass is 32.1. The number of anilines is 2. The molecule has 0 bridgehead atoms. The second-order valence-electron chi connectivity index (χ2n) is 3.78. The number of primary amides is 1. The maximum atomic E-state index is 11.8. The van der Waals surface area contributed by atoms with Crippen LogP contribution in [0, 0.1) is 0 Å². The van der Waals surface area contributed by atoms with Gasteiger partial charge in [0.15, 0.2) is 0 Å². The molecule has 17 heavy (non-hydrogen) atoms. The number of aromatic nitrogens is 1. The smallest absolute Gasteiger partial charge is 0.270 e. The van der Waals surface area contributed by atoms with Gasteiger partial charge in [-0.2, -0.15) is 0 Å². The summed E-state index contributed by atoms with van der Waals surface area (Å²) in [5, 5.41) is 8.02. The molecule has 4 N–H and O–H groups in total. The van der Waals surface area contributed by atoms with E-state index in [0.29, 0.717) is 5.69 Å². The van der Waals surface area contributed by atoms with Crippen molar-refractivity contribution in [2.45, 2.75) is 5.66 Å². The van der Waals surface area contributed by atoms with E-state index in [1.54, 1.807) is 10.9 Å². The lowest BCUT2D eigenvalue weighted by molar-refractivity contribution is -0.121. The average Bonchev–Trinajstić information content (AvgIpc) is 2.96. The number of thiazole rings is 1. The highest BCUT2D eigenvalue weighted by Crippen LogP contribution is 2.38. The Labute approximate surface area is 102 Å². The molecule has 1 aliphatic heterocycles.